The highest BCUT2D eigenvalue weighted by atomic mass is 16.2. The molecule has 0 unspecified atom stereocenters. The minimum Gasteiger partial charge on any atom is -0.338 e. The van der Waals surface area contributed by atoms with Crippen LogP contribution in [0.3, 0.4) is 0 Å². The number of anilines is 1. The van der Waals surface area contributed by atoms with Gasteiger partial charge in [-0.05, 0) is 37.1 Å². The van der Waals surface area contributed by atoms with Crippen LogP contribution < -0.4 is 10.6 Å². The van der Waals surface area contributed by atoms with Gasteiger partial charge in [0.25, 0.3) is 0 Å². The minimum absolute atomic E-state index is 0.131. The fourth-order valence-electron chi connectivity index (χ4n) is 3.43. The number of urea groups is 1. The topological polar surface area (TPSA) is 69.8 Å². The normalized spacial score (nSPS) is 15.2. The zero-order valence-corrected chi connectivity index (χ0v) is 14.1. The van der Waals surface area contributed by atoms with E-state index in [0.29, 0.717) is 6.04 Å². The summed E-state index contributed by atoms with van der Waals surface area (Å²) in [5.74, 6) is 0.803. The van der Waals surface area contributed by atoms with Crippen LogP contribution in [0.25, 0.3) is 22.4 Å². The molecule has 0 aliphatic heterocycles. The first-order valence-corrected chi connectivity index (χ1v) is 8.91. The van der Waals surface area contributed by atoms with E-state index in [9.17, 15) is 4.79 Å². The number of benzene rings is 2. The van der Waals surface area contributed by atoms with E-state index in [4.69, 9.17) is 0 Å². The molecule has 5 heteroatoms. The Morgan fingerprint density at radius 1 is 1.04 bits per heavy atom. The minimum atomic E-state index is -0.131. The largest absolute Gasteiger partial charge is 0.338 e. The fraction of sp³-hybridized carbons (Fsp3) is 0.300. The number of aromatic amines is 1. The summed E-state index contributed by atoms with van der Waals surface area (Å²) in [6, 6.07) is 15.9. The van der Waals surface area contributed by atoms with Crippen LogP contribution in [0.5, 0.6) is 0 Å². The molecule has 1 saturated carbocycles. The second-order valence-electron chi connectivity index (χ2n) is 6.62. The highest BCUT2D eigenvalue weighted by Crippen LogP contribution is 2.23. The number of imidazole rings is 1. The van der Waals surface area contributed by atoms with E-state index in [1.54, 1.807) is 0 Å². The van der Waals surface area contributed by atoms with E-state index >= 15 is 0 Å². The summed E-state index contributed by atoms with van der Waals surface area (Å²) in [5, 5.41) is 6.02. The van der Waals surface area contributed by atoms with Crippen molar-refractivity contribution < 1.29 is 4.79 Å². The average molecular weight is 334 g/mol. The lowest BCUT2D eigenvalue weighted by Crippen LogP contribution is -2.39. The van der Waals surface area contributed by atoms with Gasteiger partial charge in [-0.25, -0.2) is 9.78 Å². The summed E-state index contributed by atoms with van der Waals surface area (Å²) in [7, 11) is 0. The summed E-state index contributed by atoms with van der Waals surface area (Å²) in [5.41, 5.74) is 3.66. The highest BCUT2D eigenvalue weighted by molar-refractivity contribution is 5.90. The molecule has 0 atom stereocenters. The molecule has 1 aliphatic rings. The van der Waals surface area contributed by atoms with Crippen molar-refractivity contribution in [3.05, 3.63) is 48.5 Å². The molecule has 5 nitrogen and oxygen atoms in total. The Kier molecular flexibility index (Phi) is 4.37. The van der Waals surface area contributed by atoms with Crippen molar-refractivity contribution in [2.75, 3.05) is 5.32 Å². The van der Waals surface area contributed by atoms with Gasteiger partial charge in [0.1, 0.15) is 5.82 Å². The highest BCUT2D eigenvalue weighted by Gasteiger charge is 2.15. The van der Waals surface area contributed by atoms with Crippen LogP contribution in [0.4, 0.5) is 10.5 Å². The Morgan fingerprint density at radius 3 is 2.72 bits per heavy atom. The predicted molar refractivity (Wildman–Crippen MR) is 101 cm³/mol. The van der Waals surface area contributed by atoms with Crippen molar-refractivity contribution in [3.8, 4) is 11.4 Å². The van der Waals surface area contributed by atoms with Gasteiger partial charge in [0, 0.05) is 17.3 Å². The van der Waals surface area contributed by atoms with Gasteiger partial charge in [0.05, 0.1) is 11.0 Å². The van der Waals surface area contributed by atoms with Crippen molar-refractivity contribution in [2.45, 2.75) is 38.1 Å². The molecule has 0 bridgehead atoms. The fourth-order valence-corrected chi connectivity index (χ4v) is 3.43. The maximum absolute atomic E-state index is 12.2. The molecule has 128 valence electrons. The molecule has 3 aromatic rings. The molecule has 1 aromatic heterocycles. The van der Waals surface area contributed by atoms with Gasteiger partial charge in [-0.1, -0.05) is 43.5 Å². The average Bonchev–Trinajstić information content (AvgIpc) is 3.07. The van der Waals surface area contributed by atoms with E-state index in [0.717, 1.165) is 41.0 Å². The first-order chi connectivity index (χ1) is 12.3. The summed E-state index contributed by atoms with van der Waals surface area (Å²) in [6.07, 6.45) is 5.83. The van der Waals surface area contributed by atoms with Gasteiger partial charge in [0.15, 0.2) is 0 Å². The Hall–Kier alpha value is -2.82. The van der Waals surface area contributed by atoms with E-state index in [-0.39, 0.29) is 6.03 Å². The number of amides is 2. The Labute approximate surface area is 146 Å². The third-order valence-corrected chi connectivity index (χ3v) is 4.72. The van der Waals surface area contributed by atoms with Crippen LogP contribution in [0.1, 0.15) is 32.1 Å². The molecule has 4 rings (SSSR count). The van der Waals surface area contributed by atoms with Crippen LogP contribution in [0, 0.1) is 0 Å². The Bertz CT molecular complexity index is 847. The molecule has 2 aromatic carbocycles. The van der Waals surface area contributed by atoms with Crippen molar-refractivity contribution in [3.63, 3.8) is 0 Å². The molecule has 1 aliphatic carbocycles. The SMILES string of the molecule is O=C(Nc1cccc(-c2nc3ccccc3[nH]2)c1)NC1CCCCC1. The van der Waals surface area contributed by atoms with Crippen molar-refractivity contribution in [1.82, 2.24) is 15.3 Å². The number of H-pyrrole nitrogens is 1. The number of nitrogens with one attached hydrogen (secondary N) is 3. The first kappa shape index (κ1) is 15.7. The molecule has 2 amide bonds. The van der Waals surface area contributed by atoms with Crippen molar-refractivity contribution in [1.29, 1.82) is 0 Å². The smallest absolute Gasteiger partial charge is 0.319 e. The second kappa shape index (κ2) is 6.97. The zero-order valence-electron chi connectivity index (χ0n) is 14.1. The molecular weight excluding hydrogens is 312 g/mol. The Morgan fingerprint density at radius 2 is 1.88 bits per heavy atom. The number of nitrogens with zero attached hydrogens (tertiary/aromatic N) is 1. The molecule has 0 radical (unpaired) electrons. The molecule has 1 heterocycles. The number of aromatic nitrogens is 2. The zero-order chi connectivity index (χ0) is 17.1. The van der Waals surface area contributed by atoms with Gasteiger partial charge in [-0.3, -0.25) is 0 Å². The van der Waals surface area contributed by atoms with Gasteiger partial charge in [-0.2, -0.15) is 0 Å². The monoisotopic (exact) mass is 334 g/mol. The quantitative estimate of drug-likeness (QED) is 0.650. The van der Waals surface area contributed by atoms with E-state index in [1.165, 1.54) is 19.3 Å². The van der Waals surface area contributed by atoms with E-state index in [2.05, 4.69) is 20.6 Å². The number of carbonyl (C=O) groups is 1. The number of carbonyl (C=O) groups excluding carboxylic acids is 1. The number of hydrogen-bond acceptors (Lipinski definition) is 2. The van der Waals surface area contributed by atoms with Crippen LogP contribution in [0.15, 0.2) is 48.5 Å². The first-order valence-electron chi connectivity index (χ1n) is 8.91. The van der Waals surface area contributed by atoms with Crippen LogP contribution in [0.2, 0.25) is 0 Å². The van der Waals surface area contributed by atoms with Crippen LogP contribution in [-0.2, 0) is 0 Å². The summed E-state index contributed by atoms with van der Waals surface area (Å²) >= 11 is 0. The van der Waals surface area contributed by atoms with Gasteiger partial charge < -0.3 is 15.6 Å². The lowest BCUT2D eigenvalue weighted by Gasteiger charge is -2.22. The molecule has 0 spiro atoms. The van der Waals surface area contributed by atoms with Gasteiger partial charge >= 0.3 is 6.03 Å². The van der Waals surface area contributed by atoms with Crippen molar-refractivity contribution in [2.24, 2.45) is 0 Å². The number of hydrogen-bond donors (Lipinski definition) is 3. The van der Waals surface area contributed by atoms with Gasteiger partial charge in [-0.15, -0.1) is 0 Å². The predicted octanol–water partition coefficient (Wildman–Crippen LogP) is 4.68. The molecule has 1 fully saturated rings. The summed E-state index contributed by atoms with van der Waals surface area (Å²) < 4.78 is 0. The number of para-hydroxylation sites is 2. The third-order valence-electron chi connectivity index (χ3n) is 4.72. The number of rotatable bonds is 3. The second-order valence-corrected chi connectivity index (χ2v) is 6.62. The van der Waals surface area contributed by atoms with Crippen LogP contribution in [-0.4, -0.2) is 22.0 Å². The maximum atomic E-state index is 12.2. The molecule has 3 N–H and O–H groups in total. The maximum Gasteiger partial charge on any atom is 0.319 e. The number of fused-ring (bicyclic) bond motifs is 1. The lowest BCUT2D eigenvalue weighted by atomic mass is 9.96. The van der Waals surface area contributed by atoms with E-state index in [1.807, 2.05) is 48.5 Å². The van der Waals surface area contributed by atoms with E-state index < -0.39 is 0 Å². The van der Waals surface area contributed by atoms with Crippen LogP contribution >= 0.6 is 0 Å². The summed E-state index contributed by atoms with van der Waals surface area (Å²) in [6.45, 7) is 0. The summed E-state index contributed by atoms with van der Waals surface area (Å²) in [4.78, 5) is 20.2. The molecule has 0 saturated heterocycles. The Balaban J connectivity index is 1.48. The standard InChI is InChI=1S/C20H22N4O/c25-20(21-15-8-2-1-3-9-15)22-16-10-6-7-14(13-16)19-23-17-11-4-5-12-18(17)24-19/h4-7,10-13,15H,1-3,8-9H2,(H,23,24)(H2,21,22,25). The van der Waals surface area contributed by atoms with Gasteiger partial charge in [0.2, 0.25) is 0 Å². The molecule has 25 heavy (non-hydrogen) atoms. The third kappa shape index (κ3) is 3.65. The van der Waals surface area contributed by atoms with Crippen molar-refractivity contribution >= 4 is 22.8 Å². The molecular formula is C20H22N4O. The lowest BCUT2D eigenvalue weighted by molar-refractivity contribution is 0.244.